The van der Waals surface area contributed by atoms with Gasteiger partial charge in [-0.25, -0.2) is 0 Å². The van der Waals surface area contributed by atoms with E-state index in [0.29, 0.717) is 24.9 Å². The number of benzene rings is 2. The molecule has 268 valence electrons. The first-order chi connectivity index (χ1) is 24.2. The number of carbonyl (C=O) groups is 4. The van der Waals surface area contributed by atoms with Crippen molar-refractivity contribution in [3.8, 4) is 0 Å². The Hall–Kier alpha value is -3.80. The third-order valence-corrected chi connectivity index (χ3v) is 11.0. The van der Waals surface area contributed by atoms with E-state index in [1.54, 1.807) is 17.1 Å². The van der Waals surface area contributed by atoms with Crippen LogP contribution in [0.25, 0.3) is 0 Å². The standard InChI is InChI=1S/C39H48BrN3O7/c1-4-7-15-22-42(21-6-3)38(48)35-39-23-28(40)34(50-39)32(33(39)37(47)43(35)30(24-44)27-18-13-10-14-19-27)36(46)41-29(26-16-11-9-12-17-26)25-49-31(45)20-8-5-2/h5-6,9-14,16-19,28-30,32-35,44H,2-4,7-8,15,20-25H2,1H3,(H,41,46)/t28?,29-,30+,32+,33-,34+,35+,39-/m0/s1. The van der Waals surface area contributed by atoms with Crippen molar-refractivity contribution >= 4 is 39.6 Å². The van der Waals surface area contributed by atoms with Crippen LogP contribution in [0, 0.1) is 11.8 Å². The Morgan fingerprint density at radius 1 is 1.10 bits per heavy atom. The van der Waals surface area contributed by atoms with Gasteiger partial charge in [0.2, 0.25) is 17.7 Å². The number of allylic oxidation sites excluding steroid dienone is 1. The Bertz CT molecular complexity index is 1520. The maximum Gasteiger partial charge on any atom is 0.306 e. The molecule has 3 aliphatic heterocycles. The summed E-state index contributed by atoms with van der Waals surface area (Å²) in [6.07, 6.45) is 6.28. The van der Waals surface area contributed by atoms with Gasteiger partial charge in [-0.2, -0.15) is 0 Å². The number of unbranched alkanes of at least 4 members (excludes halogenated alkanes) is 2. The van der Waals surface area contributed by atoms with Crippen LogP contribution in [0.2, 0.25) is 0 Å². The summed E-state index contributed by atoms with van der Waals surface area (Å²) in [7, 11) is 0. The summed E-state index contributed by atoms with van der Waals surface area (Å²) in [6.45, 7) is 9.85. The Labute approximate surface area is 303 Å². The molecule has 3 heterocycles. The second-order valence-electron chi connectivity index (χ2n) is 13.3. The first-order valence-electron chi connectivity index (χ1n) is 17.5. The van der Waals surface area contributed by atoms with Gasteiger partial charge in [0, 0.05) is 24.3 Å². The van der Waals surface area contributed by atoms with Crippen LogP contribution in [0.1, 0.15) is 68.7 Å². The largest absolute Gasteiger partial charge is 0.463 e. The van der Waals surface area contributed by atoms with Gasteiger partial charge in [-0.1, -0.05) is 109 Å². The van der Waals surface area contributed by atoms with Crippen LogP contribution in [0.4, 0.5) is 0 Å². The number of amides is 3. The van der Waals surface area contributed by atoms with Crippen molar-refractivity contribution in [3.05, 3.63) is 97.1 Å². The highest BCUT2D eigenvalue weighted by molar-refractivity contribution is 9.09. The monoisotopic (exact) mass is 749 g/mol. The number of ether oxygens (including phenoxy) is 2. The number of hydrogen-bond donors (Lipinski definition) is 2. The fourth-order valence-electron chi connectivity index (χ4n) is 7.83. The summed E-state index contributed by atoms with van der Waals surface area (Å²) in [4.78, 5) is 59.4. The molecule has 2 aromatic carbocycles. The molecule has 0 aliphatic carbocycles. The molecule has 50 heavy (non-hydrogen) atoms. The van der Waals surface area contributed by atoms with E-state index in [-0.39, 0.29) is 30.3 Å². The highest BCUT2D eigenvalue weighted by atomic mass is 79.9. The molecule has 2 aromatic rings. The second-order valence-corrected chi connectivity index (χ2v) is 14.5. The fourth-order valence-corrected chi connectivity index (χ4v) is 8.77. The van der Waals surface area contributed by atoms with Gasteiger partial charge in [0.25, 0.3) is 0 Å². The number of nitrogens with zero attached hydrogens (tertiary/aromatic N) is 2. The molecule has 11 heteroatoms. The number of esters is 1. The van der Waals surface area contributed by atoms with Gasteiger partial charge in [0.15, 0.2) is 0 Å². The molecule has 3 amide bonds. The van der Waals surface area contributed by atoms with Crippen LogP contribution in [0.5, 0.6) is 0 Å². The zero-order valence-corrected chi connectivity index (χ0v) is 30.2. The van der Waals surface area contributed by atoms with E-state index in [1.165, 1.54) is 4.90 Å². The van der Waals surface area contributed by atoms with Crippen molar-refractivity contribution in [1.29, 1.82) is 0 Å². The van der Waals surface area contributed by atoms with E-state index in [4.69, 9.17) is 9.47 Å². The van der Waals surface area contributed by atoms with Crippen LogP contribution in [0.3, 0.4) is 0 Å². The maximum atomic E-state index is 14.9. The molecule has 1 unspecified atom stereocenters. The second kappa shape index (κ2) is 16.9. The summed E-state index contributed by atoms with van der Waals surface area (Å²) in [6, 6.07) is 15.7. The molecular formula is C39H48BrN3O7. The summed E-state index contributed by atoms with van der Waals surface area (Å²) in [5, 5.41) is 13.9. The summed E-state index contributed by atoms with van der Waals surface area (Å²) >= 11 is 3.75. The average Bonchev–Trinajstić information content (AvgIpc) is 3.73. The molecular weight excluding hydrogens is 702 g/mol. The molecule has 3 saturated heterocycles. The lowest BCUT2D eigenvalue weighted by atomic mass is 9.70. The van der Waals surface area contributed by atoms with Crippen molar-refractivity contribution in [2.45, 2.75) is 80.1 Å². The van der Waals surface area contributed by atoms with E-state index in [1.807, 2.05) is 60.7 Å². The Kier molecular flexibility index (Phi) is 12.7. The molecule has 1 spiro atoms. The highest BCUT2D eigenvalue weighted by Crippen LogP contribution is 2.61. The van der Waals surface area contributed by atoms with E-state index < -0.39 is 66.1 Å². The number of aliphatic hydroxyl groups excluding tert-OH is 1. The zero-order chi connectivity index (χ0) is 35.8. The van der Waals surface area contributed by atoms with Crippen LogP contribution in [-0.4, -0.2) is 87.5 Å². The lowest BCUT2D eigenvalue weighted by Crippen LogP contribution is -2.57. The molecule has 5 rings (SSSR count). The van der Waals surface area contributed by atoms with Crippen LogP contribution in [-0.2, 0) is 28.7 Å². The average molecular weight is 751 g/mol. The smallest absolute Gasteiger partial charge is 0.306 e. The Morgan fingerprint density at radius 2 is 1.78 bits per heavy atom. The third-order valence-electron chi connectivity index (χ3n) is 10.1. The van der Waals surface area contributed by atoms with E-state index in [2.05, 4.69) is 41.3 Å². The molecule has 3 fully saturated rings. The van der Waals surface area contributed by atoms with E-state index >= 15 is 0 Å². The van der Waals surface area contributed by atoms with Crippen molar-refractivity contribution in [1.82, 2.24) is 15.1 Å². The predicted octanol–water partition coefficient (Wildman–Crippen LogP) is 5.04. The number of nitrogens with one attached hydrogen (secondary N) is 1. The number of halogens is 1. The number of fused-ring (bicyclic) bond motifs is 1. The molecule has 0 aromatic heterocycles. The van der Waals surface area contributed by atoms with Crippen molar-refractivity contribution < 1.29 is 33.8 Å². The normalized spacial score (nSPS) is 26.2. The topological polar surface area (TPSA) is 125 Å². The van der Waals surface area contributed by atoms with Gasteiger partial charge in [-0.15, -0.1) is 13.2 Å². The van der Waals surface area contributed by atoms with Crippen LogP contribution in [0.15, 0.2) is 86.0 Å². The van der Waals surface area contributed by atoms with Crippen LogP contribution >= 0.6 is 15.9 Å². The highest BCUT2D eigenvalue weighted by Gasteiger charge is 2.77. The number of carbonyl (C=O) groups excluding carboxylic acids is 4. The number of aliphatic hydroxyl groups is 1. The quantitative estimate of drug-likeness (QED) is 0.0948. The van der Waals surface area contributed by atoms with Gasteiger partial charge in [-0.05, 0) is 30.4 Å². The van der Waals surface area contributed by atoms with E-state index in [0.717, 1.165) is 24.8 Å². The summed E-state index contributed by atoms with van der Waals surface area (Å²) < 4.78 is 12.3. The van der Waals surface area contributed by atoms with Crippen LogP contribution < -0.4 is 5.32 Å². The lowest BCUT2D eigenvalue weighted by molar-refractivity contribution is -0.151. The van der Waals surface area contributed by atoms with Gasteiger partial charge in [-0.3, -0.25) is 19.2 Å². The number of hydrogen-bond acceptors (Lipinski definition) is 7. The summed E-state index contributed by atoms with van der Waals surface area (Å²) in [5.41, 5.74) is 0.0866. The molecule has 0 radical (unpaired) electrons. The van der Waals surface area contributed by atoms with Gasteiger partial charge in [0.1, 0.15) is 18.2 Å². The Morgan fingerprint density at radius 3 is 2.40 bits per heavy atom. The predicted molar refractivity (Wildman–Crippen MR) is 193 cm³/mol. The van der Waals surface area contributed by atoms with Gasteiger partial charge >= 0.3 is 5.97 Å². The molecule has 2 N–H and O–H groups in total. The number of alkyl halides is 1. The Balaban J connectivity index is 1.52. The third kappa shape index (κ3) is 7.45. The molecule has 8 atom stereocenters. The molecule has 10 nitrogen and oxygen atoms in total. The molecule has 0 saturated carbocycles. The minimum atomic E-state index is -1.32. The van der Waals surface area contributed by atoms with Crippen molar-refractivity contribution in [2.24, 2.45) is 11.8 Å². The lowest BCUT2D eigenvalue weighted by Gasteiger charge is -2.39. The minimum Gasteiger partial charge on any atom is -0.463 e. The maximum absolute atomic E-state index is 14.9. The summed E-state index contributed by atoms with van der Waals surface area (Å²) in [5.74, 6) is -3.49. The number of rotatable bonds is 18. The SMILES string of the molecule is C=CCCC(=O)OC[C@H](NC(=O)[C@H]1[C@@H]2O[C@@]3(CC2Br)[C@@H]1C(=O)N([C@H](CO)c1ccccc1)[C@@H]3C(=O)N(CC=C)CCCCC)c1ccccc1. The van der Waals surface area contributed by atoms with Gasteiger partial charge < -0.3 is 29.7 Å². The molecule has 3 aliphatic rings. The first kappa shape index (κ1) is 37.5. The fraction of sp³-hybridized carbons (Fsp3) is 0.487. The minimum absolute atomic E-state index is 0.104. The van der Waals surface area contributed by atoms with E-state index in [9.17, 15) is 24.3 Å². The van der Waals surface area contributed by atoms with Crippen molar-refractivity contribution in [2.75, 3.05) is 26.3 Å². The first-order valence-corrected chi connectivity index (χ1v) is 18.4. The zero-order valence-electron chi connectivity index (χ0n) is 28.6. The number of likely N-dealkylation sites (tertiary alicyclic amines) is 1. The van der Waals surface area contributed by atoms with Gasteiger partial charge in [0.05, 0.1) is 36.6 Å². The van der Waals surface area contributed by atoms with Crippen molar-refractivity contribution in [3.63, 3.8) is 0 Å². The molecule has 2 bridgehead atoms.